The number of aliphatic hydroxyl groups excluding tert-OH is 2. The number of alkyl halides is 2. The highest BCUT2D eigenvalue weighted by molar-refractivity contribution is 5.22. The molecule has 1 aliphatic heterocycles. The van der Waals surface area contributed by atoms with Crippen LogP contribution in [0.5, 0.6) is 0 Å². The molecule has 8 nitrogen and oxygen atoms in total. The van der Waals surface area contributed by atoms with Crippen molar-refractivity contribution in [2.24, 2.45) is 0 Å². The summed E-state index contributed by atoms with van der Waals surface area (Å²) in [5, 5.41) is 26.9. The van der Waals surface area contributed by atoms with Crippen LogP contribution in [0.4, 0.5) is 14.7 Å². The van der Waals surface area contributed by atoms with Crippen LogP contribution in [0, 0.1) is 0 Å². The van der Waals surface area contributed by atoms with E-state index in [0.717, 1.165) is 16.8 Å². The number of ether oxygens (including phenoxy) is 1. The molecule has 0 saturated carbocycles. The van der Waals surface area contributed by atoms with Gasteiger partial charge in [0.25, 0.3) is 11.4 Å². The van der Waals surface area contributed by atoms with E-state index in [-0.39, 0.29) is 0 Å². The molecule has 2 heterocycles. The molecule has 19 heavy (non-hydrogen) atoms. The predicted octanol–water partition coefficient (Wildman–Crippen LogP) is -1.07. The average molecular weight is 279 g/mol. The minimum Gasteiger partial charge on any atom is -0.390 e. The van der Waals surface area contributed by atoms with E-state index in [1.165, 1.54) is 5.48 Å². The number of hydrogen-bond donors (Lipinski definition) is 4. The van der Waals surface area contributed by atoms with Crippen molar-refractivity contribution in [1.82, 2.24) is 9.55 Å². The number of halogens is 2. The SMILES string of the molecule is O=c1ccn([C@@H]2O[C@](F)(CO)[C@@H](O)[C@H]2F)c(NO)n1. The maximum absolute atomic E-state index is 13.8. The van der Waals surface area contributed by atoms with E-state index in [0.29, 0.717) is 0 Å². The van der Waals surface area contributed by atoms with E-state index in [1.54, 1.807) is 0 Å². The number of nitrogens with one attached hydrogen (secondary N) is 1. The third-order valence-corrected chi connectivity index (χ3v) is 2.76. The molecule has 1 fully saturated rings. The third kappa shape index (κ3) is 2.18. The summed E-state index contributed by atoms with van der Waals surface area (Å²) in [6.07, 6.45) is -5.14. The monoisotopic (exact) mass is 279 g/mol. The topological polar surface area (TPSA) is 117 Å². The molecule has 0 aromatic carbocycles. The lowest BCUT2D eigenvalue weighted by Gasteiger charge is -2.21. The smallest absolute Gasteiger partial charge is 0.274 e. The fourth-order valence-corrected chi connectivity index (χ4v) is 1.77. The fraction of sp³-hybridized carbons (Fsp3) is 0.556. The van der Waals surface area contributed by atoms with Crippen LogP contribution >= 0.6 is 0 Å². The molecule has 10 heteroatoms. The number of aliphatic hydroxyl groups is 2. The first-order valence-corrected chi connectivity index (χ1v) is 5.22. The van der Waals surface area contributed by atoms with Crippen LogP contribution in [0.3, 0.4) is 0 Å². The van der Waals surface area contributed by atoms with Gasteiger partial charge in [-0.3, -0.25) is 14.6 Å². The zero-order chi connectivity index (χ0) is 14.2. The predicted molar refractivity (Wildman–Crippen MR) is 55.9 cm³/mol. The Morgan fingerprint density at radius 3 is 2.84 bits per heavy atom. The lowest BCUT2D eigenvalue weighted by Crippen LogP contribution is -2.41. The van der Waals surface area contributed by atoms with Crippen molar-refractivity contribution in [1.29, 1.82) is 0 Å². The summed E-state index contributed by atoms with van der Waals surface area (Å²) in [6.45, 7) is -1.25. The molecule has 0 spiro atoms. The average Bonchev–Trinajstić information content (AvgIpc) is 2.64. The zero-order valence-corrected chi connectivity index (χ0v) is 9.40. The van der Waals surface area contributed by atoms with Crippen molar-refractivity contribution in [2.75, 3.05) is 12.1 Å². The van der Waals surface area contributed by atoms with Gasteiger partial charge in [-0.2, -0.15) is 4.98 Å². The van der Waals surface area contributed by atoms with Gasteiger partial charge in [-0.25, -0.2) is 14.3 Å². The van der Waals surface area contributed by atoms with Crippen molar-refractivity contribution in [2.45, 2.75) is 24.4 Å². The summed E-state index contributed by atoms with van der Waals surface area (Å²) in [5.41, 5.74) is 0.806. The second-order valence-electron chi connectivity index (χ2n) is 3.95. The molecule has 4 N–H and O–H groups in total. The first-order valence-electron chi connectivity index (χ1n) is 5.22. The van der Waals surface area contributed by atoms with Crippen LogP contribution in [-0.4, -0.2) is 49.7 Å². The van der Waals surface area contributed by atoms with Gasteiger partial charge in [0, 0.05) is 12.3 Å². The Morgan fingerprint density at radius 1 is 1.63 bits per heavy atom. The lowest BCUT2D eigenvalue weighted by atomic mass is 10.1. The number of rotatable bonds is 3. The molecule has 0 radical (unpaired) electrons. The summed E-state index contributed by atoms with van der Waals surface area (Å²) in [4.78, 5) is 14.3. The summed E-state index contributed by atoms with van der Waals surface area (Å²) in [7, 11) is 0. The van der Waals surface area contributed by atoms with Gasteiger partial charge in [0.2, 0.25) is 5.95 Å². The number of aromatic nitrogens is 2. The normalized spacial score (nSPS) is 34.5. The minimum atomic E-state index is -2.97. The quantitative estimate of drug-likeness (QED) is 0.520. The Hall–Kier alpha value is -1.62. The van der Waals surface area contributed by atoms with Gasteiger partial charge in [0.15, 0.2) is 18.5 Å². The molecule has 1 aromatic heterocycles. The molecule has 4 atom stereocenters. The van der Waals surface area contributed by atoms with Crippen LogP contribution in [0.15, 0.2) is 17.1 Å². The van der Waals surface area contributed by atoms with Crippen molar-refractivity contribution in [3.8, 4) is 0 Å². The second-order valence-corrected chi connectivity index (χ2v) is 3.95. The minimum absolute atomic E-state index is 0.491. The highest BCUT2D eigenvalue weighted by Crippen LogP contribution is 2.40. The molecule has 0 aliphatic carbocycles. The van der Waals surface area contributed by atoms with E-state index >= 15 is 0 Å². The van der Waals surface area contributed by atoms with Gasteiger partial charge in [-0.05, 0) is 0 Å². The Bertz CT molecular complexity index is 527. The molecule has 106 valence electrons. The van der Waals surface area contributed by atoms with E-state index in [4.69, 9.17) is 10.3 Å². The van der Waals surface area contributed by atoms with Crippen molar-refractivity contribution in [3.63, 3.8) is 0 Å². The van der Waals surface area contributed by atoms with Crippen molar-refractivity contribution < 1.29 is 28.9 Å². The summed E-state index contributed by atoms with van der Waals surface area (Å²) >= 11 is 0. The zero-order valence-electron chi connectivity index (χ0n) is 9.40. The van der Waals surface area contributed by atoms with E-state index in [2.05, 4.69) is 9.72 Å². The van der Waals surface area contributed by atoms with Gasteiger partial charge in [-0.15, -0.1) is 0 Å². The molecule has 1 aromatic rings. The molecule has 1 saturated heterocycles. The first kappa shape index (κ1) is 13.8. The van der Waals surface area contributed by atoms with Crippen LogP contribution in [-0.2, 0) is 4.74 Å². The first-order chi connectivity index (χ1) is 8.92. The highest BCUT2D eigenvalue weighted by Gasteiger charge is 2.57. The standard InChI is InChI=1S/C9H11F2N3O5/c10-5-6(17)9(11,3-15)19-7(5)14-2-1-4(16)12-8(14)13-18/h1-2,5-7,15,17-18H,3H2,(H,12,13,16)/t5-,6+,7-,9-/m1/s1. The van der Waals surface area contributed by atoms with Gasteiger partial charge >= 0.3 is 0 Å². The van der Waals surface area contributed by atoms with Gasteiger partial charge in [0.05, 0.1) is 0 Å². The third-order valence-electron chi connectivity index (χ3n) is 2.76. The van der Waals surface area contributed by atoms with Crippen molar-refractivity contribution >= 4 is 5.95 Å². The van der Waals surface area contributed by atoms with E-state index in [9.17, 15) is 18.7 Å². The Morgan fingerprint density at radius 2 is 2.32 bits per heavy atom. The molecular formula is C9H11F2N3O5. The molecule has 1 aliphatic rings. The van der Waals surface area contributed by atoms with Crippen LogP contribution < -0.4 is 11.0 Å². The fourth-order valence-electron chi connectivity index (χ4n) is 1.77. The highest BCUT2D eigenvalue weighted by atomic mass is 19.2. The van der Waals surface area contributed by atoms with E-state index < -0.39 is 42.5 Å². The Kier molecular flexibility index (Phi) is 3.49. The lowest BCUT2D eigenvalue weighted by molar-refractivity contribution is -0.206. The van der Waals surface area contributed by atoms with Crippen molar-refractivity contribution in [3.05, 3.63) is 22.6 Å². The maximum atomic E-state index is 13.8. The van der Waals surface area contributed by atoms with Crippen LogP contribution in [0.1, 0.15) is 6.23 Å². The number of nitrogens with zero attached hydrogens (tertiary/aromatic N) is 2. The van der Waals surface area contributed by atoms with E-state index in [1.807, 2.05) is 0 Å². The van der Waals surface area contributed by atoms with Gasteiger partial charge < -0.3 is 14.9 Å². The molecule has 0 unspecified atom stereocenters. The number of hydrogen-bond acceptors (Lipinski definition) is 7. The second kappa shape index (κ2) is 4.81. The molecule has 0 amide bonds. The van der Waals surface area contributed by atoms with Crippen LogP contribution in [0.2, 0.25) is 0 Å². The summed E-state index contributed by atoms with van der Waals surface area (Å²) < 4.78 is 33.0. The van der Waals surface area contributed by atoms with Crippen LogP contribution in [0.25, 0.3) is 0 Å². The maximum Gasteiger partial charge on any atom is 0.274 e. The summed E-state index contributed by atoms with van der Waals surface area (Å²) in [6, 6.07) is 0.931. The Labute approximate surface area is 104 Å². The van der Waals surface area contributed by atoms with Gasteiger partial charge in [-0.1, -0.05) is 0 Å². The molecule has 0 bridgehead atoms. The molecular weight excluding hydrogens is 268 g/mol. The Balaban J connectivity index is 2.41. The largest absolute Gasteiger partial charge is 0.390 e. The summed E-state index contributed by atoms with van der Waals surface area (Å²) in [5.74, 6) is -3.46. The molecule has 2 rings (SSSR count). The number of anilines is 1. The van der Waals surface area contributed by atoms with Gasteiger partial charge in [0.1, 0.15) is 6.61 Å².